The Hall–Kier alpha value is -3.85. The monoisotopic (exact) mass is 583 g/mol. The first kappa shape index (κ1) is 29.6. The van der Waals surface area contributed by atoms with Crippen LogP contribution >= 0.6 is 0 Å². The van der Waals surface area contributed by atoms with Gasteiger partial charge in [0.25, 0.3) is 0 Å². The van der Waals surface area contributed by atoms with Gasteiger partial charge >= 0.3 is 12.2 Å². The molecule has 2 aromatic rings. The number of hydrogen-bond donors (Lipinski definition) is 0. The van der Waals surface area contributed by atoms with E-state index in [1.807, 2.05) is 0 Å². The molecule has 0 N–H and O–H groups in total. The molecule has 0 saturated carbocycles. The third-order valence-corrected chi connectivity index (χ3v) is 8.44. The van der Waals surface area contributed by atoms with Crippen LogP contribution in [0.15, 0.2) is 36.9 Å². The van der Waals surface area contributed by atoms with E-state index < -0.39 is 11.7 Å². The van der Waals surface area contributed by atoms with E-state index in [1.165, 1.54) is 18.2 Å². The van der Waals surface area contributed by atoms with Crippen molar-refractivity contribution in [3.63, 3.8) is 0 Å². The van der Waals surface area contributed by atoms with E-state index in [0.717, 1.165) is 31.0 Å². The number of rotatable bonds is 7. The number of benzene rings is 1. The molecule has 4 heterocycles. The van der Waals surface area contributed by atoms with Crippen molar-refractivity contribution < 1.29 is 22.7 Å². The van der Waals surface area contributed by atoms with E-state index >= 15 is 0 Å². The van der Waals surface area contributed by atoms with Crippen molar-refractivity contribution >= 4 is 17.4 Å². The summed E-state index contributed by atoms with van der Waals surface area (Å²) in [5.74, 6) is 0.439. The van der Waals surface area contributed by atoms with E-state index in [4.69, 9.17) is 14.7 Å². The van der Waals surface area contributed by atoms with Crippen molar-refractivity contribution in [3.8, 4) is 12.1 Å². The maximum Gasteiger partial charge on any atom is 0.418 e. The first-order chi connectivity index (χ1) is 20.2. The fraction of sp³-hybridized carbons (Fsp3) is 0.533. The molecule has 9 nitrogen and oxygen atoms in total. The predicted octanol–water partition coefficient (Wildman–Crippen LogP) is 4.04. The number of alkyl halides is 3. The zero-order chi connectivity index (χ0) is 29.9. The van der Waals surface area contributed by atoms with E-state index in [2.05, 4.69) is 29.5 Å². The summed E-state index contributed by atoms with van der Waals surface area (Å²) in [4.78, 5) is 29.8. The molecule has 2 saturated heterocycles. The first-order valence-corrected chi connectivity index (χ1v) is 14.4. The number of likely N-dealkylation sites (tertiary alicyclic amines) is 1. The SMILES string of the molecule is C=CC(=O)N1CCN(c2nc(OC[C@@H]3CCCN3C)nc3c2CCCN(c2ccccc2C(F)(F)F)C3)C[C@@H]1CC#N. The number of nitriles is 1. The van der Waals surface area contributed by atoms with Crippen molar-refractivity contribution in [1.82, 2.24) is 19.8 Å². The van der Waals surface area contributed by atoms with Gasteiger partial charge in [-0.15, -0.1) is 0 Å². The van der Waals surface area contributed by atoms with Crippen LogP contribution < -0.4 is 14.5 Å². The van der Waals surface area contributed by atoms with E-state index in [9.17, 15) is 23.2 Å². The molecule has 224 valence electrons. The van der Waals surface area contributed by atoms with Crippen molar-refractivity contribution in [2.24, 2.45) is 0 Å². The van der Waals surface area contributed by atoms with Gasteiger partial charge in [0, 0.05) is 43.5 Å². The summed E-state index contributed by atoms with van der Waals surface area (Å²) in [5, 5.41) is 9.47. The Morgan fingerprint density at radius 1 is 1.14 bits per heavy atom. The molecule has 42 heavy (non-hydrogen) atoms. The molecule has 5 rings (SSSR count). The molecular weight excluding hydrogens is 547 g/mol. The minimum absolute atomic E-state index is 0.124. The minimum atomic E-state index is -4.48. The molecule has 2 atom stereocenters. The summed E-state index contributed by atoms with van der Waals surface area (Å²) in [5.41, 5.74) is 0.946. The van der Waals surface area contributed by atoms with Crippen LogP contribution in [0.25, 0.3) is 0 Å². The molecule has 1 amide bonds. The lowest BCUT2D eigenvalue weighted by Crippen LogP contribution is -2.55. The molecule has 0 unspecified atom stereocenters. The van der Waals surface area contributed by atoms with Crippen molar-refractivity contribution in [1.29, 1.82) is 5.26 Å². The molecule has 3 aliphatic rings. The number of aromatic nitrogens is 2. The molecule has 0 radical (unpaired) electrons. The van der Waals surface area contributed by atoms with E-state index in [0.29, 0.717) is 57.1 Å². The molecule has 0 bridgehead atoms. The van der Waals surface area contributed by atoms with E-state index in [-0.39, 0.29) is 42.7 Å². The lowest BCUT2D eigenvalue weighted by Gasteiger charge is -2.41. The molecular formula is C30H36F3N7O2. The van der Waals surface area contributed by atoms with Gasteiger partial charge in [0.2, 0.25) is 5.91 Å². The molecule has 0 aliphatic carbocycles. The van der Waals surface area contributed by atoms with Crippen LogP contribution in [0.1, 0.15) is 42.5 Å². The fourth-order valence-electron chi connectivity index (χ4n) is 6.21. The number of hydrogen-bond acceptors (Lipinski definition) is 8. The van der Waals surface area contributed by atoms with Gasteiger partial charge in [-0.25, -0.2) is 0 Å². The largest absolute Gasteiger partial charge is 0.462 e. The summed E-state index contributed by atoms with van der Waals surface area (Å²) < 4.78 is 47.9. The van der Waals surface area contributed by atoms with Crippen LogP contribution in [0.4, 0.5) is 24.7 Å². The normalized spacial score (nSPS) is 21.5. The zero-order valence-corrected chi connectivity index (χ0v) is 23.8. The number of amides is 1. The van der Waals surface area contributed by atoms with Gasteiger partial charge in [-0.2, -0.15) is 28.4 Å². The topological polar surface area (TPSA) is 88.8 Å². The summed E-state index contributed by atoms with van der Waals surface area (Å²) in [6.45, 7) is 6.86. The van der Waals surface area contributed by atoms with Crippen LogP contribution in [-0.2, 0) is 23.9 Å². The van der Waals surface area contributed by atoms with Gasteiger partial charge in [0.15, 0.2) is 0 Å². The lowest BCUT2D eigenvalue weighted by molar-refractivity contribution is -0.137. The number of nitrogens with zero attached hydrogens (tertiary/aromatic N) is 7. The summed E-state index contributed by atoms with van der Waals surface area (Å²) in [6, 6.07) is 7.90. The van der Waals surface area contributed by atoms with Crippen LogP contribution in [0.2, 0.25) is 0 Å². The number of ether oxygens (including phenoxy) is 1. The molecule has 1 aromatic carbocycles. The van der Waals surface area contributed by atoms with Crippen molar-refractivity contribution in [2.75, 3.05) is 56.2 Å². The quantitative estimate of drug-likeness (QED) is 0.452. The number of anilines is 2. The lowest BCUT2D eigenvalue weighted by atomic mass is 10.1. The van der Waals surface area contributed by atoms with Crippen LogP contribution in [0, 0.1) is 11.3 Å². The highest BCUT2D eigenvalue weighted by molar-refractivity contribution is 5.87. The van der Waals surface area contributed by atoms with Gasteiger partial charge in [-0.3, -0.25) is 4.79 Å². The van der Waals surface area contributed by atoms with Crippen LogP contribution in [-0.4, -0.2) is 84.1 Å². The Balaban J connectivity index is 1.50. The molecule has 3 aliphatic heterocycles. The van der Waals surface area contributed by atoms with Crippen LogP contribution in [0.3, 0.4) is 0 Å². The Morgan fingerprint density at radius 2 is 1.95 bits per heavy atom. The van der Waals surface area contributed by atoms with Crippen molar-refractivity contribution in [2.45, 2.75) is 56.9 Å². The highest BCUT2D eigenvalue weighted by atomic mass is 19.4. The second kappa shape index (κ2) is 12.6. The maximum atomic E-state index is 13.9. The highest BCUT2D eigenvalue weighted by Gasteiger charge is 2.36. The second-order valence-electron chi connectivity index (χ2n) is 11.1. The third kappa shape index (κ3) is 6.31. The average Bonchev–Trinajstić information content (AvgIpc) is 3.26. The maximum absolute atomic E-state index is 13.9. The molecule has 0 spiro atoms. The highest BCUT2D eigenvalue weighted by Crippen LogP contribution is 2.39. The number of carbonyl (C=O) groups excluding carboxylic acids is 1. The first-order valence-electron chi connectivity index (χ1n) is 14.4. The zero-order valence-electron chi connectivity index (χ0n) is 23.8. The number of piperazine rings is 1. The Bertz CT molecular complexity index is 1350. The van der Waals surface area contributed by atoms with Crippen LogP contribution in [0.5, 0.6) is 6.01 Å². The summed E-state index contributed by atoms with van der Waals surface area (Å²) >= 11 is 0. The van der Waals surface area contributed by atoms with E-state index in [1.54, 1.807) is 15.9 Å². The number of halogens is 3. The van der Waals surface area contributed by atoms with Gasteiger partial charge in [0.1, 0.15) is 12.4 Å². The molecule has 2 fully saturated rings. The Labute approximate surface area is 244 Å². The molecule has 12 heteroatoms. The second-order valence-corrected chi connectivity index (χ2v) is 11.1. The number of likely N-dealkylation sites (N-methyl/N-ethyl adjacent to an activating group) is 1. The average molecular weight is 584 g/mol. The van der Waals surface area contributed by atoms with Gasteiger partial charge in [-0.1, -0.05) is 18.7 Å². The smallest absolute Gasteiger partial charge is 0.418 e. The van der Waals surface area contributed by atoms with Gasteiger partial charge in [-0.05, 0) is 57.5 Å². The Kier molecular flexibility index (Phi) is 8.87. The van der Waals surface area contributed by atoms with Gasteiger partial charge < -0.3 is 24.3 Å². The molecule has 1 aromatic heterocycles. The number of carbonyl (C=O) groups is 1. The predicted molar refractivity (Wildman–Crippen MR) is 152 cm³/mol. The Morgan fingerprint density at radius 3 is 2.67 bits per heavy atom. The minimum Gasteiger partial charge on any atom is -0.462 e. The van der Waals surface area contributed by atoms with Gasteiger partial charge in [0.05, 0.1) is 36.3 Å². The fourth-order valence-corrected chi connectivity index (χ4v) is 6.21. The summed E-state index contributed by atoms with van der Waals surface area (Å²) in [7, 11) is 2.06. The number of para-hydroxylation sites is 1. The number of fused-ring (bicyclic) bond motifs is 1. The third-order valence-electron chi connectivity index (χ3n) is 8.44. The van der Waals surface area contributed by atoms with Crippen molar-refractivity contribution in [3.05, 3.63) is 53.7 Å². The summed E-state index contributed by atoms with van der Waals surface area (Å²) in [6.07, 6.45) is 0.212. The standard InChI is InChI=1S/C30H36F3N7O2/c1-3-27(41)40-17-16-39(18-21(40)12-13-34)28-23-9-7-15-38(26-11-5-4-10-24(26)30(31,32)33)19-25(23)35-29(36-28)42-20-22-8-6-14-37(22)2/h3-5,10-11,21-22H,1,6-9,12,14-20H2,2H3/t21-,22-/m0/s1.